The highest BCUT2D eigenvalue weighted by Crippen LogP contribution is 2.22. The van der Waals surface area contributed by atoms with Crippen LogP contribution in [-0.4, -0.2) is 33.1 Å². The van der Waals surface area contributed by atoms with Crippen LogP contribution in [0.4, 0.5) is 4.39 Å². The van der Waals surface area contributed by atoms with Gasteiger partial charge in [0.15, 0.2) is 0 Å². The minimum Gasteiger partial charge on any atom is -0.387 e. The van der Waals surface area contributed by atoms with Gasteiger partial charge in [-0.1, -0.05) is 18.2 Å². The highest BCUT2D eigenvalue weighted by Gasteiger charge is 2.22. The number of aliphatic hydroxyl groups is 1. The Hall–Kier alpha value is -1.85. The van der Waals surface area contributed by atoms with E-state index in [2.05, 4.69) is 14.9 Å². The number of benzene rings is 1. The lowest BCUT2D eigenvalue weighted by Crippen LogP contribution is -2.35. The Kier molecular flexibility index (Phi) is 3.94. The predicted octanol–water partition coefficient (Wildman–Crippen LogP) is 2.02. The molecule has 1 aromatic carbocycles. The van der Waals surface area contributed by atoms with Crippen molar-refractivity contribution in [2.24, 2.45) is 0 Å². The molecule has 1 atom stereocenters. The number of hydrogen-bond acceptors (Lipinski definition) is 4. The minimum absolute atomic E-state index is 0.349. The van der Waals surface area contributed by atoms with Crippen molar-refractivity contribution in [2.45, 2.75) is 26.0 Å². The predicted molar refractivity (Wildman–Crippen MR) is 77.1 cm³/mol. The summed E-state index contributed by atoms with van der Waals surface area (Å²) in [6.45, 7) is 3.77. The van der Waals surface area contributed by atoms with Crippen LogP contribution >= 0.6 is 0 Å². The van der Waals surface area contributed by atoms with Gasteiger partial charge in [-0.3, -0.25) is 4.90 Å². The van der Waals surface area contributed by atoms with E-state index in [9.17, 15) is 9.50 Å². The second-order valence-corrected chi connectivity index (χ2v) is 5.41. The molecule has 110 valence electrons. The first-order valence-corrected chi connectivity index (χ1v) is 7.09. The molecule has 1 N–H and O–H groups in total. The van der Waals surface area contributed by atoms with E-state index in [4.69, 9.17) is 0 Å². The smallest absolute Gasteiger partial charge is 0.129 e. The van der Waals surface area contributed by atoms with Crippen LogP contribution in [-0.2, 0) is 13.0 Å². The number of nitrogens with zero attached hydrogens (tertiary/aromatic N) is 3. The number of rotatable bonds is 3. The molecule has 1 aromatic heterocycles. The van der Waals surface area contributed by atoms with E-state index in [0.29, 0.717) is 18.7 Å². The molecule has 3 rings (SSSR count). The van der Waals surface area contributed by atoms with Crippen LogP contribution in [0.5, 0.6) is 0 Å². The van der Waals surface area contributed by atoms with E-state index in [-0.39, 0.29) is 5.82 Å². The fourth-order valence-electron chi connectivity index (χ4n) is 2.70. The number of hydrogen-bond donors (Lipinski definition) is 1. The van der Waals surface area contributed by atoms with Gasteiger partial charge in [-0.25, -0.2) is 14.4 Å². The van der Waals surface area contributed by atoms with Gasteiger partial charge in [-0.05, 0) is 25.0 Å². The molecule has 21 heavy (non-hydrogen) atoms. The van der Waals surface area contributed by atoms with E-state index in [1.807, 2.05) is 13.1 Å². The van der Waals surface area contributed by atoms with E-state index in [0.717, 1.165) is 30.0 Å². The third-order valence-electron chi connectivity index (χ3n) is 3.84. The number of aliphatic hydroxyl groups excluding tert-OH is 1. The summed E-state index contributed by atoms with van der Waals surface area (Å²) in [5.74, 6) is 0.394. The molecule has 0 fully saturated rings. The normalized spacial score (nSPS) is 16.5. The summed E-state index contributed by atoms with van der Waals surface area (Å²) >= 11 is 0. The lowest BCUT2D eigenvalue weighted by molar-refractivity contribution is 0.102. The molecule has 0 radical (unpaired) electrons. The van der Waals surface area contributed by atoms with Gasteiger partial charge in [0.2, 0.25) is 0 Å². The molecule has 0 bridgehead atoms. The maximum Gasteiger partial charge on any atom is 0.129 e. The Morgan fingerprint density at radius 3 is 3.00 bits per heavy atom. The zero-order valence-corrected chi connectivity index (χ0v) is 12.0. The molecule has 1 aliphatic heterocycles. The number of aryl methyl sites for hydroxylation is 1. The molecule has 1 aliphatic rings. The third-order valence-corrected chi connectivity index (χ3v) is 3.84. The molecule has 0 spiro atoms. The molecule has 0 saturated heterocycles. The van der Waals surface area contributed by atoms with Crippen molar-refractivity contribution in [1.29, 1.82) is 0 Å². The molecule has 5 heteroatoms. The number of halogens is 1. The average molecular weight is 287 g/mol. The molecular weight excluding hydrogens is 269 g/mol. The molecule has 1 unspecified atom stereocenters. The molecule has 2 heterocycles. The van der Waals surface area contributed by atoms with Gasteiger partial charge in [0.05, 0.1) is 11.8 Å². The highest BCUT2D eigenvalue weighted by atomic mass is 19.1. The van der Waals surface area contributed by atoms with Gasteiger partial charge in [-0.2, -0.15) is 0 Å². The Bertz CT molecular complexity index is 647. The molecule has 0 amide bonds. The van der Waals surface area contributed by atoms with E-state index in [1.165, 1.54) is 6.07 Å². The van der Waals surface area contributed by atoms with E-state index in [1.54, 1.807) is 18.2 Å². The Labute approximate surface area is 123 Å². The van der Waals surface area contributed by atoms with Crippen molar-refractivity contribution < 1.29 is 9.50 Å². The Balaban J connectivity index is 1.71. The van der Waals surface area contributed by atoms with Crippen LogP contribution in [0.25, 0.3) is 0 Å². The quantitative estimate of drug-likeness (QED) is 0.938. The van der Waals surface area contributed by atoms with Gasteiger partial charge in [0.1, 0.15) is 11.6 Å². The second kappa shape index (κ2) is 5.87. The van der Waals surface area contributed by atoms with Gasteiger partial charge in [0.25, 0.3) is 0 Å². The SMILES string of the molecule is Cc1ncc2c(n1)CN(CC(O)c1ccccc1F)CC2. The van der Waals surface area contributed by atoms with Crippen molar-refractivity contribution in [3.05, 3.63) is 58.9 Å². The summed E-state index contributed by atoms with van der Waals surface area (Å²) in [5, 5.41) is 10.2. The number of aromatic nitrogens is 2. The first-order chi connectivity index (χ1) is 10.1. The summed E-state index contributed by atoms with van der Waals surface area (Å²) < 4.78 is 13.7. The van der Waals surface area contributed by atoms with Crippen LogP contribution in [0, 0.1) is 12.7 Å². The summed E-state index contributed by atoms with van der Waals surface area (Å²) in [5.41, 5.74) is 2.52. The second-order valence-electron chi connectivity index (χ2n) is 5.41. The van der Waals surface area contributed by atoms with Gasteiger partial charge in [-0.15, -0.1) is 0 Å². The van der Waals surface area contributed by atoms with Crippen LogP contribution in [0.1, 0.15) is 28.7 Å². The van der Waals surface area contributed by atoms with Crippen molar-refractivity contribution in [3.8, 4) is 0 Å². The van der Waals surface area contributed by atoms with Gasteiger partial charge in [0, 0.05) is 31.4 Å². The topological polar surface area (TPSA) is 49.2 Å². The lowest BCUT2D eigenvalue weighted by atomic mass is 10.0. The summed E-state index contributed by atoms with van der Waals surface area (Å²) in [7, 11) is 0. The van der Waals surface area contributed by atoms with E-state index >= 15 is 0 Å². The van der Waals surface area contributed by atoms with Crippen molar-refractivity contribution >= 4 is 0 Å². The van der Waals surface area contributed by atoms with Crippen LogP contribution in [0.3, 0.4) is 0 Å². The number of fused-ring (bicyclic) bond motifs is 1. The lowest BCUT2D eigenvalue weighted by Gasteiger charge is -2.29. The molecule has 0 aliphatic carbocycles. The standard InChI is InChI=1S/C16H18FN3O/c1-11-18-8-12-6-7-20(9-15(12)19-11)10-16(21)13-4-2-3-5-14(13)17/h2-5,8,16,21H,6-7,9-10H2,1H3. The van der Waals surface area contributed by atoms with E-state index < -0.39 is 6.10 Å². The molecule has 0 saturated carbocycles. The molecule has 2 aromatic rings. The maximum absolute atomic E-state index is 13.7. The Morgan fingerprint density at radius 2 is 2.19 bits per heavy atom. The zero-order valence-electron chi connectivity index (χ0n) is 12.0. The van der Waals surface area contributed by atoms with Crippen LogP contribution in [0.2, 0.25) is 0 Å². The highest BCUT2D eigenvalue weighted by molar-refractivity contribution is 5.22. The first kappa shape index (κ1) is 14.1. The van der Waals surface area contributed by atoms with Gasteiger partial charge < -0.3 is 5.11 Å². The zero-order chi connectivity index (χ0) is 14.8. The fraction of sp³-hybridized carbons (Fsp3) is 0.375. The van der Waals surface area contributed by atoms with Crippen LogP contribution in [0.15, 0.2) is 30.5 Å². The fourth-order valence-corrected chi connectivity index (χ4v) is 2.70. The van der Waals surface area contributed by atoms with Gasteiger partial charge >= 0.3 is 0 Å². The summed E-state index contributed by atoms with van der Waals surface area (Å²) in [6.07, 6.45) is 1.91. The number of β-amino-alcohol motifs (C(OH)–C–C–N with tert-alkyl or cyclic N) is 1. The Morgan fingerprint density at radius 1 is 1.38 bits per heavy atom. The monoisotopic (exact) mass is 287 g/mol. The van der Waals surface area contributed by atoms with Crippen LogP contribution < -0.4 is 0 Å². The summed E-state index contributed by atoms with van der Waals surface area (Å²) in [4.78, 5) is 10.8. The third kappa shape index (κ3) is 3.09. The largest absolute Gasteiger partial charge is 0.387 e. The summed E-state index contributed by atoms with van der Waals surface area (Å²) in [6, 6.07) is 6.37. The average Bonchev–Trinajstić information content (AvgIpc) is 2.47. The molecule has 4 nitrogen and oxygen atoms in total. The van der Waals surface area contributed by atoms with Crippen molar-refractivity contribution in [3.63, 3.8) is 0 Å². The first-order valence-electron chi connectivity index (χ1n) is 7.09. The van der Waals surface area contributed by atoms with Crippen molar-refractivity contribution in [1.82, 2.24) is 14.9 Å². The minimum atomic E-state index is -0.823. The molecular formula is C16H18FN3O. The van der Waals surface area contributed by atoms with Crippen molar-refractivity contribution in [2.75, 3.05) is 13.1 Å². The maximum atomic E-state index is 13.7.